The average molecular weight is 222 g/mol. The highest BCUT2D eigenvalue weighted by Gasteiger charge is 2.22. The number of hydrogen-bond acceptors (Lipinski definition) is 2. The molecule has 0 saturated carbocycles. The molecule has 0 saturated heterocycles. The SMILES string of the molecule is O=Cc1cc(F)ccc1OC(F)C(F)F. The summed E-state index contributed by atoms with van der Waals surface area (Å²) in [5, 5.41) is 0. The van der Waals surface area contributed by atoms with Crippen LogP contribution in [0.3, 0.4) is 0 Å². The Bertz CT molecular complexity index is 354. The third kappa shape index (κ3) is 2.93. The van der Waals surface area contributed by atoms with E-state index in [1.807, 2.05) is 0 Å². The Morgan fingerprint density at radius 3 is 2.47 bits per heavy atom. The van der Waals surface area contributed by atoms with E-state index < -0.39 is 24.3 Å². The molecule has 1 rings (SSSR count). The second kappa shape index (κ2) is 4.77. The van der Waals surface area contributed by atoms with Gasteiger partial charge in [0.15, 0.2) is 6.29 Å². The third-order valence-electron chi connectivity index (χ3n) is 1.54. The molecular weight excluding hydrogens is 216 g/mol. The Balaban J connectivity index is 2.89. The zero-order chi connectivity index (χ0) is 11.4. The fraction of sp³-hybridized carbons (Fsp3) is 0.222. The van der Waals surface area contributed by atoms with E-state index in [1.165, 1.54) is 0 Å². The van der Waals surface area contributed by atoms with Crippen molar-refractivity contribution in [2.45, 2.75) is 12.8 Å². The van der Waals surface area contributed by atoms with E-state index in [4.69, 9.17) is 0 Å². The molecule has 0 aliphatic heterocycles. The van der Waals surface area contributed by atoms with Crippen molar-refractivity contribution in [2.24, 2.45) is 0 Å². The summed E-state index contributed by atoms with van der Waals surface area (Å²) in [6, 6.07) is 2.55. The van der Waals surface area contributed by atoms with Crippen molar-refractivity contribution >= 4 is 6.29 Å². The van der Waals surface area contributed by atoms with Crippen molar-refractivity contribution in [2.75, 3.05) is 0 Å². The number of hydrogen-bond donors (Lipinski definition) is 0. The number of aldehydes is 1. The highest BCUT2D eigenvalue weighted by atomic mass is 19.3. The molecule has 1 aromatic rings. The molecule has 2 nitrogen and oxygen atoms in total. The number of alkyl halides is 3. The number of carbonyl (C=O) groups is 1. The van der Waals surface area contributed by atoms with E-state index in [2.05, 4.69) is 4.74 Å². The number of carbonyl (C=O) groups excluding carboxylic acids is 1. The lowest BCUT2D eigenvalue weighted by molar-refractivity contribution is -0.0670. The maximum absolute atomic E-state index is 12.6. The predicted octanol–water partition coefficient (Wildman–Crippen LogP) is 2.58. The monoisotopic (exact) mass is 222 g/mol. The van der Waals surface area contributed by atoms with Gasteiger partial charge in [0, 0.05) is 0 Å². The molecule has 0 fully saturated rings. The lowest BCUT2D eigenvalue weighted by Crippen LogP contribution is -2.20. The third-order valence-corrected chi connectivity index (χ3v) is 1.54. The van der Waals surface area contributed by atoms with Crippen molar-refractivity contribution in [3.8, 4) is 5.75 Å². The van der Waals surface area contributed by atoms with E-state index in [9.17, 15) is 22.4 Å². The quantitative estimate of drug-likeness (QED) is 0.578. The molecule has 0 amide bonds. The fourth-order valence-electron chi connectivity index (χ4n) is 0.891. The fourth-order valence-corrected chi connectivity index (χ4v) is 0.891. The molecule has 0 aliphatic carbocycles. The van der Waals surface area contributed by atoms with Gasteiger partial charge < -0.3 is 4.74 Å². The molecule has 1 aromatic carbocycles. The van der Waals surface area contributed by atoms with Gasteiger partial charge in [-0.05, 0) is 18.2 Å². The molecule has 1 atom stereocenters. The van der Waals surface area contributed by atoms with Crippen LogP contribution in [0.5, 0.6) is 5.75 Å². The second-order valence-corrected chi connectivity index (χ2v) is 2.60. The van der Waals surface area contributed by atoms with Gasteiger partial charge in [-0.25, -0.2) is 13.2 Å². The van der Waals surface area contributed by atoms with Gasteiger partial charge in [0.05, 0.1) is 5.56 Å². The summed E-state index contributed by atoms with van der Waals surface area (Å²) in [5.41, 5.74) is -0.321. The minimum atomic E-state index is -3.32. The van der Waals surface area contributed by atoms with Gasteiger partial charge in [0.1, 0.15) is 11.6 Å². The Morgan fingerprint density at radius 1 is 1.27 bits per heavy atom. The number of benzene rings is 1. The van der Waals surface area contributed by atoms with Crippen LogP contribution in [0.25, 0.3) is 0 Å². The molecule has 15 heavy (non-hydrogen) atoms. The normalized spacial score (nSPS) is 12.6. The summed E-state index contributed by atoms with van der Waals surface area (Å²) in [7, 11) is 0. The average Bonchev–Trinajstić information content (AvgIpc) is 2.20. The van der Waals surface area contributed by atoms with Gasteiger partial charge in [-0.1, -0.05) is 0 Å². The summed E-state index contributed by atoms with van der Waals surface area (Å²) in [6.45, 7) is 0. The van der Waals surface area contributed by atoms with E-state index in [1.54, 1.807) is 0 Å². The van der Waals surface area contributed by atoms with Gasteiger partial charge >= 0.3 is 6.43 Å². The smallest absolute Gasteiger partial charge is 0.304 e. The first kappa shape index (κ1) is 11.5. The molecule has 0 aliphatic rings. The summed E-state index contributed by atoms with van der Waals surface area (Å²) in [5.74, 6) is -1.16. The van der Waals surface area contributed by atoms with Gasteiger partial charge in [-0.15, -0.1) is 0 Å². The minimum Gasteiger partial charge on any atom is -0.454 e. The molecule has 0 spiro atoms. The number of halogens is 4. The molecule has 0 aromatic heterocycles. The second-order valence-electron chi connectivity index (χ2n) is 2.60. The van der Waals surface area contributed by atoms with E-state index in [-0.39, 0.29) is 11.8 Å². The minimum absolute atomic E-state index is 0.191. The maximum atomic E-state index is 12.6. The standard InChI is InChI=1S/C9H6F4O2/c10-6-1-2-7(5(3-6)4-14)15-9(13)8(11)12/h1-4,8-9H. The highest BCUT2D eigenvalue weighted by molar-refractivity contribution is 5.79. The van der Waals surface area contributed by atoms with E-state index >= 15 is 0 Å². The summed E-state index contributed by atoms with van der Waals surface area (Å²) in [6.07, 6.45) is -5.97. The lowest BCUT2D eigenvalue weighted by Gasteiger charge is -2.11. The molecular formula is C9H6F4O2. The maximum Gasteiger partial charge on any atom is 0.304 e. The summed E-state index contributed by atoms with van der Waals surface area (Å²) < 4.78 is 52.7. The summed E-state index contributed by atoms with van der Waals surface area (Å²) >= 11 is 0. The van der Waals surface area contributed by atoms with Crippen molar-refractivity contribution in [1.82, 2.24) is 0 Å². The molecule has 0 heterocycles. The van der Waals surface area contributed by atoms with Crippen LogP contribution in [0.15, 0.2) is 18.2 Å². The van der Waals surface area contributed by atoms with E-state index in [0.717, 1.165) is 18.2 Å². The van der Waals surface area contributed by atoms with Crippen molar-refractivity contribution in [3.05, 3.63) is 29.6 Å². The van der Waals surface area contributed by atoms with Crippen LogP contribution in [0, 0.1) is 5.82 Å². The first-order valence-corrected chi connectivity index (χ1v) is 3.88. The van der Waals surface area contributed by atoms with Crippen LogP contribution >= 0.6 is 0 Å². The Kier molecular flexibility index (Phi) is 3.65. The van der Waals surface area contributed by atoms with Crippen LogP contribution in [-0.4, -0.2) is 19.1 Å². The molecule has 0 radical (unpaired) electrons. The molecule has 1 unspecified atom stereocenters. The van der Waals surface area contributed by atoms with E-state index in [0.29, 0.717) is 0 Å². The van der Waals surface area contributed by atoms with Crippen LogP contribution in [0.2, 0.25) is 0 Å². The van der Waals surface area contributed by atoms with Crippen molar-refractivity contribution in [3.63, 3.8) is 0 Å². The van der Waals surface area contributed by atoms with Gasteiger partial charge in [0.2, 0.25) is 0 Å². The van der Waals surface area contributed by atoms with Crippen LogP contribution in [0.1, 0.15) is 10.4 Å². The number of rotatable bonds is 4. The van der Waals surface area contributed by atoms with Crippen LogP contribution in [-0.2, 0) is 0 Å². The Labute approximate surface area is 82.5 Å². The number of ether oxygens (including phenoxy) is 1. The van der Waals surface area contributed by atoms with Crippen molar-refractivity contribution < 1.29 is 27.1 Å². The Hall–Kier alpha value is -1.59. The van der Waals surface area contributed by atoms with Crippen molar-refractivity contribution in [1.29, 1.82) is 0 Å². The van der Waals surface area contributed by atoms with Crippen LogP contribution < -0.4 is 4.74 Å². The predicted molar refractivity (Wildman–Crippen MR) is 43.3 cm³/mol. The summed E-state index contributed by atoms with van der Waals surface area (Å²) in [4.78, 5) is 10.4. The molecule has 0 N–H and O–H groups in total. The first-order chi connectivity index (χ1) is 7.04. The first-order valence-electron chi connectivity index (χ1n) is 3.88. The zero-order valence-electron chi connectivity index (χ0n) is 7.29. The highest BCUT2D eigenvalue weighted by Crippen LogP contribution is 2.21. The largest absolute Gasteiger partial charge is 0.454 e. The molecule has 6 heteroatoms. The van der Waals surface area contributed by atoms with Gasteiger partial charge in [-0.3, -0.25) is 4.79 Å². The van der Waals surface area contributed by atoms with Gasteiger partial charge in [-0.2, -0.15) is 4.39 Å². The topological polar surface area (TPSA) is 26.3 Å². The lowest BCUT2D eigenvalue weighted by atomic mass is 10.2. The zero-order valence-corrected chi connectivity index (χ0v) is 7.29. The van der Waals surface area contributed by atoms with Crippen LogP contribution in [0.4, 0.5) is 17.6 Å². The Morgan fingerprint density at radius 2 is 1.93 bits per heavy atom. The van der Waals surface area contributed by atoms with Gasteiger partial charge in [0.25, 0.3) is 6.36 Å². The molecule has 0 bridgehead atoms. The molecule has 82 valence electrons.